The van der Waals surface area contributed by atoms with Gasteiger partial charge in [0, 0.05) is 13.2 Å². The van der Waals surface area contributed by atoms with E-state index < -0.39 is 0 Å². The number of aromatic nitrogens is 2. The lowest BCUT2D eigenvalue weighted by molar-refractivity contribution is 0.428. The van der Waals surface area contributed by atoms with Crippen molar-refractivity contribution in [1.29, 1.82) is 0 Å². The molecule has 0 aliphatic rings. The molecule has 0 bridgehead atoms. The van der Waals surface area contributed by atoms with Gasteiger partial charge in [0.15, 0.2) is 0 Å². The Balaban J connectivity index is 2.38. The second-order valence-electron chi connectivity index (χ2n) is 5.27. The van der Waals surface area contributed by atoms with Crippen LogP contribution < -0.4 is 5.32 Å². The largest absolute Gasteiger partial charge is 0.316 e. The van der Waals surface area contributed by atoms with E-state index in [4.69, 9.17) is 0 Å². The second-order valence-corrected chi connectivity index (χ2v) is 5.27. The minimum atomic E-state index is 0.563. The number of aryl methyl sites for hydroxylation is 1. The van der Waals surface area contributed by atoms with Crippen molar-refractivity contribution < 1.29 is 0 Å². The standard InChI is InChI=1S/C13H25N3/c1-10(2)6-14-7-11(3)12(4)13-8-15-16(5)9-13/h8-12,14H,6-7H2,1-5H3. The van der Waals surface area contributed by atoms with Gasteiger partial charge in [-0.15, -0.1) is 0 Å². The molecule has 0 aliphatic carbocycles. The average Bonchev–Trinajstić information content (AvgIpc) is 2.63. The van der Waals surface area contributed by atoms with E-state index >= 15 is 0 Å². The van der Waals surface area contributed by atoms with Crippen molar-refractivity contribution in [2.45, 2.75) is 33.6 Å². The van der Waals surface area contributed by atoms with Crippen LogP contribution in [0.3, 0.4) is 0 Å². The first kappa shape index (κ1) is 13.2. The van der Waals surface area contributed by atoms with Gasteiger partial charge in [-0.3, -0.25) is 4.68 Å². The van der Waals surface area contributed by atoms with Crippen molar-refractivity contribution in [2.75, 3.05) is 13.1 Å². The number of hydrogen-bond donors (Lipinski definition) is 1. The van der Waals surface area contributed by atoms with Crippen LogP contribution in [0, 0.1) is 11.8 Å². The minimum absolute atomic E-state index is 0.563. The molecule has 3 nitrogen and oxygen atoms in total. The Labute approximate surface area is 99.2 Å². The van der Waals surface area contributed by atoms with E-state index in [1.807, 2.05) is 17.9 Å². The molecule has 2 atom stereocenters. The van der Waals surface area contributed by atoms with E-state index in [0.29, 0.717) is 11.8 Å². The van der Waals surface area contributed by atoms with E-state index in [-0.39, 0.29) is 0 Å². The predicted octanol–water partition coefficient (Wildman–Crippen LogP) is 2.41. The molecule has 1 aromatic heterocycles. The highest BCUT2D eigenvalue weighted by molar-refractivity contribution is 5.11. The Morgan fingerprint density at radius 3 is 2.44 bits per heavy atom. The van der Waals surface area contributed by atoms with E-state index in [0.717, 1.165) is 19.0 Å². The molecule has 3 heteroatoms. The summed E-state index contributed by atoms with van der Waals surface area (Å²) in [6, 6.07) is 0. The quantitative estimate of drug-likeness (QED) is 0.802. The van der Waals surface area contributed by atoms with Gasteiger partial charge in [-0.25, -0.2) is 0 Å². The Kier molecular flexibility index (Phi) is 5.00. The summed E-state index contributed by atoms with van der Waals surface area (Å²) in [4.78, 5) is 0. The lowest BCUT2D eigenvalue weighted by Gasteiger charge is -2.19. The summed E-state index contributed by atoms with van der Waals surface area (Å²) in [5.41, 5.74) is 1.33. The smallest absolute Gasteiger partial charge is 0.0524 e. The number of nitrogens with zero attached hydrogens (tertiary/aromatic N) is 2. The topological polar surface area (TPSA) is 29.9 Å². The summed E-state index contributed by atoms with van der Waals surface area (Å²) in [6.45, 7) is 11.2. The SMILES string of the molecule is CC(C)CNCC(C)C(C)c1cnn(C)c1. The Bertz CT molecular complexity index is 304. The molecule has 92 valence electrons. The van der Waals surface area contributed by atoms with E-state index in [1.54, 1.807) is 0 Å². The first-order valence-corrected chi connectivity index (χ1v) is 6.20. The zero-order chi connectivity index (χ0) is 12.1. The third-order valence-electron chi connectivity index (χ3n) is 3.12. The van der Waals surface area contributed by atoms with Crippen LogP contribution in [-0.4, -0.2) is 22.9 Å². The summed E-state index contributed by atoms with van der Waals surface area (Å²) in [7, 11) is 1.97. The molecule has 0 aromatic carbocycles. The average molecular weight is 223 g/mol. The molecule has 0 spiro atoms. The molecular weight excluding hydrogens is 198 g/mol. The fourth-order valence-corrected chi connectivity index (χ4v) is 1.78. The summed E-state index contributed by atoms with van der Waals surface area (Å²) in [5.74, 6) is 1.93. The van der Waals surface area contributed by atoms with Crippen LogP contribution in [0.4, 0.5) is 0 Å². The third-order valence-corrected chi connectivity index (χ3v) is 3.12. The van der Waals surface area contributed by atoms with E-state index in [2.05, 4.69) is 44.3 Å². The Hall–Kier alpha value is -0.830. The molecule has 0 fully saturated rings. The zero-order valence-electron chi connectivity index (χ0n) is 11.2. The van der Waals surface area contributed by atoms with Gasteiger partial charge in [-0.05, 0) is 36.4 Å². The third kappa shape index (κ3) is 3.97. The molecule has 1 heterocycles. The highest BCUT2D eigenvalue weighted by Crippen LogP contribution is 2.22. The van der Waals surface area contributed by atoms with Gasteiger partial charge in [-0.2, -0.15) is 5.10 Å². The summed E-state index contributed by atoms with van der Waals surface area (Å²) in [6.07, 6.45) is 4.09. The summed E-state index contributed by atoms with van der Waals surface area (Å²) in [5, 5.41) is 7.74. The maximum absolute atomic E-state index is 4.22. The molecule has 0 saturated heterocycles. The lowest BCUT2D eigenvalue weighted by Crippen LogP contribution is -2.27. The first-order chi connectivity index (χ1) is 7.50. The van der Waals surface area contributed by atoms with Crippen molar-refractivity contribution in [3.05, 3.63) is 18.0 Å². The number of nitrogens with one attached hydrogen (secondary N) is 1. The van der Waals surface area contributed by atoms with Crippen molar-refractivity contribution in [1.82, 2.24) is 15.1 Å². The van der Waals surface area contributed by atoms with Crippen LogP contribution in [0.1, 0.15) is 39.2 Å². The van der Waals surface area contributed by atoms with Crippen molar-refractivity contribution in [3.8, 4) is 0 Å². The molecular formula is C13H25N3. The van der Waals surface area contributed by atoms with Gasteiger partial charge >= 0.3 is 0 Å². The lowest BCUT2D eigenvalue weighted by atomic mass is 9.91. The van der Waals surface area contributed by atoms with Crippen molar-refractivity contribution >= 4 is 0 Å². The normalized spacial score (nSPS) is 15.4. The highest BCUT2D eigenvalue weighted by Gasteiger charge is 2.15. The predicted molar refractivity (Wildman–Crippen MR) is 68.5 cm³/mol. The fourth-order valence-electron chi connectivity index (χ4n) is 1.78. The maximum Gasteiger partial charge on any atom is 0.0524 e. The molecule has 0 aliphatic heterocycles. The molecule has 1 N–H and O–H groups in total. The van der Waals surface area contributed by atoms with Gasteiger partial charge in [0.2, 0.25) is 0 Å². The molecule has 1 aromatic rings. The van der Waals surface area contributed by atoms with Crippen LogP contribution in [-0.2, 0) is 7.05 Å². The van der Waals surface area contributed by atoms with Crippen LogP contribution >= 0.6 is 0 Å². The Morgan fingerprint density at radius 2 is 1.94 bits per heavy atom. The van der Waals surface area contributed by atoms with Gasteiger partial charge in [-0.1, -0.05) is 27.7 Å². The van der Waals surface area contributed by atoms with Gasteiger partial charge in [0.1, 0.15) is 0 Å². The fraction of sp³-hybridized carbons (Fsp3) is 0.769. The van der Waals surface area contributed by atoms with Gasteiger partial charge < -0.3 is 5.32 Å². The van der Waals surface area contributed by atoms with E-state index in [1.165, 1.54) is 5.56 Å². The molecule has 0 saturated carbocycles. The van der Waals surface area contributed by atoms with Gasteiger partial charge in [0.05, 0.1) is 6.20 Å². The summed E-state index contributed by atoms with van der Waals surface area (Å²) >= 11 is 0. The van der Waals surface area contributed by atoms with Gasteiger partial charge in [0.25, 0.3) is 0 Å². The molecule has 0 radical (unpaired) electrons. The van der Waals surface area contributed by atoms with Crippen molar-refractivity contribution in [2.24, 2.45) is 18.9 Å². The summed E-state index contributed by atoms with van der Waals surface area (Å²) < 4.78 is 1.88. The monoisotopic (exact) mass is 223 g/mol. The molecule has 1 rings (SSSR count). The molecule has 16 heavy (non-hydrogen) atoms. The highest BCUT2D eigenvalue weighted by atomic mass is 15.2. The van der Waals surface area contributed by atoms with E-state index in [9.17, 15) is 0 Å². The second kappa shape index (κ2) is 6.04. The van der Waals surface area contributed by atoms with Crippen LogP contribution in [0.25, 0.3) is 0 Å². The van der Waals surface area contributed by atoms with Crippen molar-refractivity contribution in [3.63, 3.8) is 0 Å². The molecule has 0 amide bonds. The molecule has 2 unspecified atom stereocenters. The van der Waals surface area contributed by atoms with Crippen LogP contribution in [0.15, 0.2) is 12.4 Å². The minimum Gasteiger partial charge on any atom is -0.316 e. The maximum atomic E-state index is 4.22. The van der Waals surface area contributed by atoms with Crippen LogP contribution in [0.2, 0.25) is 0 Å². The van der Waals surface area contributed by atoms with Crippen LogP contribution in [0.5, 0.6) is 0 Å². The Morgan fingerprint density at radius 1 is 1.25 bits per heavy atom. The zero-order valence-corrected chi connectivity index (χ0v) is 11.2. The number of rotatable bonds is 6. The number of hydrogen-bond acceptors (Lipinski definition) is 2. The first-order valence-electron chi connectivity index (χ1n) is 6.20.